The predicted molar refractivity (Wildman–Crippen MR) is 56.7 cm³/mol. The first-order chi connectivity index (χ1) is 7.94. The number of carbonyl (C=O) groups excluding carboxylic acids is 2. The molecule has 4 nitrogen and oxygen atoms in total. The minimum atomic E-state index is -5.03. The first-order valence-corrected chi connectivity index (χ1v) is 5.44. The number of ether oxygens (including phenoxy) is 2. The van der Waals surface area contributed by atoms with Gasteiger partial charge in [0.2, 0.25) is 0 Å². The lowest BCUT2D eigenvalue weighted by atomic mass is 10.0. The van der Waals surface area contributed by atoms with E-state index in [1.165, 1.54) is 13.8 Å². The smallest absolute Gasteiger partial charge is 0.463 e. The van der Waals surface area contributed by atoms with Gasteiger partial charge in [-0.1, -0.05) is 0 Å². The van der Waals surface area contributed by atoms with Gasteiger partial charge in [0.15, 0.2) is 0 Å². The van der Waals surface area contributed by atoms with E-state index in [1.807, 2.05) is 0 Å². The number of carbonyl (C=O) groups is 2. The highest BCUT2D eigenvalue weighted by Gasteiger charge is 2.43. The molecule has 0 saturated carbocycles. The van der Waals surface area contributed by atoms with E-state index < -0.39 is 23.7 Å². The molecule has 0 aromatic carbocycles. The summed E-state index contributed by atoms with van der Waals surface area (Å²) in [5.74, 6) is -2.80. The molecule has 0 spiro atoms. The minimum absolute atomic E-state index is 0.0413. The molecular weight excluding hydrogens is 253 g/mol. The van der Waals surface area contributed by atoms with Gasteiger partial charge in [0.1, 0.15) is 5.60 Å². The van der Waals surface area contributed by atoms with E-state index in [0.717, 1.165) is 0 Å². The summed E-state index contributed by atoms with van der Waals surface area (Å²) in [6, 6.07) is 0. The Morgan fingerprint density at radius 1 is 1.17 bits per heavy atom. The summed E-state index contributed by atoms with van der Waals surface area (Å²) in [6.45, 7) is 5.93. The van der Waals surface area contributed by atoms with Crippen molar-refractivity contribution in [2.45, 2.75) is 58.4 Å². The Hall–Kier alpha value is -1.27. The van der Waals surface area contributed by atoms with Crippen molar-refractivity contribution in [1.82, 2.24) is 0 Å². The third-order valence-corrected chi connectivity index (χ3v) is 1.90. The van der Waals surface area contributed by atoms with Gasteiger partial charge in [-0.2, -0.15) is 13.2 Å². The summed E-state index contributed by atoms with van der Waals surface area (Å²) in [7, 11) is 0. The summed E-state index contributed by atoms with van der Waals surface area (Å²) < 4.78 is 45.1. The summed E-state index contributed by atoms with van der Waals surface area (Å²) in [5.41, 5.74) is -1.37. The van der Waals surface area contributed by atoms with Crippen LogP contribution in [0.15, 0.2) is 0 Å². The molecule has 0 N–H and O–H groups in total. The first-order valence-electron chi connectivity index (χ1n) is 5.44. The van der Waals surface area contributed by atoms with Gasteiger partial charge >= 0.3 is 18.1 Å². The van der Waals surface area contributed by atoms with Gasteiger partial charge in [0.25, 0.3) is 0 Å². The number of rotatable bonds is 5. The molecule has 0 amide bonds. The number of halogens is 3. The number of alkyl halides is 3. The van der Waals surface area contributed by atoms with Crippen LogP contribution in [0, 0.1) is 0 Å². The molecule has 0 aromatic rings. The van der Waals surface area contributed by atoms with E-state index in [2.05, 4.69) is 4.74 Å². The minimum Gasteiger partial charge on any atom is -0.463 e. The third-order valence-electron chi connectivity index (χ3n) is 1.90. The van der Waals surface area contributed by atoms with Gasteiger partial charge in [-0.15, -0.1) is 0 Å². The molecule has 0 rings (SSSR count). The maximum atomic E-state index is 12.0. The zero-order valence-corrected chi connectivity index (χ0v) is 10.8. The molecule has 0 heterocycles. The Morgan fingerprint density at radius 3 is 2.06 bits per heavy atom. The Bertz CT molecular complexity index is 308. The molecule has 0 aliphatic rings. The predicted octanol–water partition coefficient (Wildman–Crippen LogP) is 2.60. The van der Waals surface area contributed by atoms with E-state index in [-0.39, 0.29) is 18.9 Å². The third kappa shape index (κ3) is 7.13. The van der Waals surface area contributed by atoms with Crippen molar-refractivity contribution < 1.29 is 32.2 Å². The maximum absolute atomic E-state index is 12.0. The monoisotopic (exact) mass is 270 g/mol. The van der Waals surface area contributed by atoms with Gasteiger partial charge < -0.3 is 9.47 Å². The van der Waals surface area contributed by atoms with Crippen LogP contribution >= 0.6 is 0 Å². The van der Waals surface area contributed by atoms with Crippen LogP contribution in [0.25, 0.3) is 0 Å². The largest absolute Gasteiger partial charge is 0.490 e. The van der Waals surface area contributed by atoms with Crippen molar-refractivity contribution in [1.29, 1.82) is 0 Å². The van der Waals surface area contributed by atoms with Gasteiger partial charge in [-0.3, -0.25) is 4.79 Å². The molecule has 0 bridgehead atoms. The second-order valence-electron chi connectivity index (χ2n) is 4.69. The summed E-state index contributed by atoms with van der Waals surface area (Å²) >= 11 is 0. The Balaban J connectivity index is 4.24. The topological polar surface area (TPSA) is 52.6 Å². The molecule has 18 heavy (non-hydrogen) atoms. The van der Waals surface area contributed by atoms with E-state index in [1.54, 1.807) is 13.8 Å². The summed E-state index contributed by atoms with van der Waals surface area (Å²) in [4.78, 5) is 21.8. The van der Waals surface area contributed by atoms with Gasteiger partial charge in [0.05, 0.1) is 6.10 Å². The fraction of sp³-hybridized carbons (Fsp3) is 0.818. The number of hydrogen-bond donors (Lipinski definition) is 0. The average Bonchev–Trinajstić information content (AvgIpc) is 2.11. The van der Waals surface area contributed by atoms with Crippen molar-refractivity contribution in [3.05, 3.63) is 0 Å². The molecule has 7 heteroatoms. The average molecular weight is 270 g/mol. The molecule has 0 atom stereocenters. The molecule has 0 aliphatic carbocycles. The van der Waals surface area contributed by atoms with Gasteiger partial charge in [-0.05, 0) is 34.1 Å². The SMILES string of the molecule is CC(C)OC(=O)CCC(C)(C)OC(=O)C(F)(F)F. The van der Waals surface area contributed by atoms with Crippen LogP contribution in [0.5, 0.6) is 0 Å². The summed E-state index contributed by atoms with van der Waals surface area (Å²) in [6.07, 6.45) is -5.48. The molecule has 0 saturated heterocycles. The van der Waals surface area contributed by atoms with Crippen LogP contribution in [0.4, 0.5) is 13.2 Å². The van der Waals surface area contributed by atoms with E-state index in [4.69, 9.17) is 4.74 Å². The molecule has 106 valence electrons. The lowest BCUT2D eigenvalue weighted by Crippen LogP contribution is -2.36. The summed E-state index contributed by atoms with van der Waals surface area (Å²) in [5, 5.41) is 0. The quantitative estimate of drug-likeness (QED) is 0.720. The number of esters is 2. The highest BCUT2D eigenvalue weighted by Crippen LogP contribution is 2.24. The normalized spacial score (nSPS) is 12.4. The maximum Gasteiger partial charge on any atom is 0.490 e. The van der Waals surface area contributed by atoms with Crippen molar-refractivity contribution in [3.63, 3.8) is 0 Å². The Kier molecular flexibility index (Phi) is 5.63. The highest BCUT2D eigenvalue weighted by molar-refractivity contribution is 5.76. The van der Waals surface area contributed by atoms with Crippen LogP contribution in [0.1, 0.15) is 40.5 Å². The van der Waals surface area contributed by atoms with Crippen molar-refractivity contribution in [3.8, 4) is 0 Å². The van der Waals surface area contributed by atoms with Crippen LogP contribution in [-0.4, -0.2) is 29.8 Å². The van der Waals surface area contributed by atoms with E-state index in [9.17, 15) is 22.8 Å². The standard InChI is InChI=1S/C11H17F3O4/c1-7(2)17-8(15)5-6-10(3,4)18-9(16)11(12,13)14/h7H,5-6H2,1-4H3. The van der Waals surface area contributed by atoms with E-state index >= 15 is 0 Å². The molecule has 0 aromatic heterocycles. The van der Waals surface area contributed by atoms with Gasteiger partial charge in [0, 0.05) is 6.42 Å². The van der Waals surface area contributed by atoms with Crippen LogP contribution < -0.4 is 0 Å². The zero-order chi connectivity index (χ0) is 14.6. The fourth-order valence-electron chi connectivity index (χ4n) is 1.08. The van der Waals surface area contributed by atoms with Crippen molar-refractivity contribution >= 4 is 11.9 Å². The molecule has 0 aliphatic heterocycles. The highest BCUT2D eigenvalue weighted by atomic mass is 19.4. The lowest BCUT2D eigenvalue weighted by molar-refractivity contribution is -0.212. The first kappa shape index (κ1) is 16.7. The zero-order valence-electron chi connectivity index (χ0n) is 10.8. The Morgan fingerprint density at radius 2 is 1.67 bits per heavy atom. The van der Waals surface area contributed by atoms with Gasteiger partial charge in [-0.25, -0.2) is 4.79 Å². The van der Waals surface area contributed by atoms with Crippen LogP contribution in [0.2, 0.25) is 0 Å². The van der Waals surface area contributed by atoms with Crippen LogP contribution in [0.3, 0.4) is 0 Å². The molecule has 0 fully saturated rings. The number of hydrogen-bond acceptors (Lipinski definition) is 4. The fourth-order valence-corrected chi connectivity index (χ4v) is 1.08. The lowest BCUT2D eigenvalue weighted by Gasteiger charge is -2.25. The molecule has 0 unspecified atom stereocenters. The second kappa shape index (κ2) is 6.06. The van der Waals surface area contributed by atoms with Crippen molar-refractivity contribution in [2.24, 2.45) is 0 Å². The Labute approximate surface area is 103 Å². The van der Waals surface area contributed by atoms with Crippen molar-refractivity contribution in [2.75, 3.05) is 0 Å². The van der Waals surface area contributed by atoms with Crippen LogP contribution in [-0.2, 0) is 19.1 Å². The molecular formula is C11H17F3O4. The molecule has 0 radical (unpaired) electrons. The van der Waals surface area contributed by atoms with E-state index in [0.29, 0.717) is 0 Å². The second-order valence-corrected chi connectivity index (χ2v) is 4.69.